The zero-order valence-corrected chi connectivity index (χ0v) is 12.0. The molecule has 104 valence electrons. The average Bonchev–Trinajstić information content (AvgIpc) is 2.57. The van der Waals surface area contributed by atoms with Crippen molar-refractivity contribution in [2.24, 2.45) is 0 Å². The van der Waals surface area contributed by atoms with Gasteiger partial charge < -0.3 is 5.32 Å². The molecule has 0 saturated carbocycles. The van der Waals surface area contributed by atoms with Crippen LogP contribution in [0.4, 0.5) is 0 Å². The molecule has 0 bridgehead atoms. The molecule has 0 atom stereocenters. The predicted octanol–water partition coefficient (Wildman–Crippen LogP) is 0.814. The zero-order chi connectivity index (χ0) is 14.0. The fourth-order valence-corrected chi connectivity index (χ4v) is 3.86. The topological polar surface area (TPSA) is 66.5 Å². The van der Waals surface area contributed by atoms with Gasteiger partial charge >= 0.3 is 0 Å². The maximum atomic E-state index is 12.6. The Kier molecular flexibility index (Phi) is 3.91. The maximum absolute atomic E-state index is 12.6. The van der Waals surface area contributed by atoms with Crippen molar-refractivity contribution in [2.75, 3.05) is 19.6 Å². The van der Waals surface area contributed by atoms with Gasteiger partial charge in [-0.25, -0.2) is 8.42 Å². The summed E-state index contributed by atoms with van der Waals surface area (Å²) in [5, 5.41) is 2.68. The number of carbonyl (C=O) groups is 1. The number of hydrogen-bond acceptors (Lipinski definition) is 3. The third kappa shape index (κ3) is 2.96. The van der Waals surface area contributed by atoms with E-state index in [0.29, 0.717) is 18.0 Å². The number of hydrogen-bond donors (Lipinski definition) is 1. The minimum Gasteiger partial charge on any atom is -0.355 e. The van der Waals surface area contributed by atoms with Crippen LogP contribution in [0.1, 0.15) is 17.5 Å². The van der Waals surface area contributed by atoms with Crippen molar-refractivity contribution in [1.82, 2.24) is 9.62 Å². The van der Waals surface area contributed by atoms with E-state index in [2.05, 4.69) is 5.32 Å². The normalized spacial score (nSPS) is 17.9. The molecule has 1 fully saturated rings. The van der Waals surface area contributed by atoms with E-state index in [4.69, 9.17) is 0 Å². The SMILES string of the molecule is Cc1ccc(C)c(S(=O)(=O)N2CCNC(=O)CC2)c1. The summed E-state index contributed by atoms with van der Waals surface area (Å²) in [5.41, 5.74) is 1.64. The monoisotopic (exact) mass is 282 g/mol. The fraction of sp³-hybridized carbons (Fsp3) is 0.462. The van der Waals surface area contributed by atoms with Crippen molar-refractivity contribution in [2.45, 2.75) is 25.2 Å². The first-order chi connectivity index (χ1) is 8.91. The van der Waals surface area contributed by atoms with Gasteiger partial charge in [-0.2, -0.15) is 4.31 Å². The van der Waals surface area contributed by atoms with Crippen LogP contribution in [0.3, 0.4) is 0 Å². The summed E-state index contributed by atoms with van der Waals surface area (Å²) >= 11 is 0. The van der Waals surface area contributed by atoms with Crippen LogP contribution in [0, 0.1) is 13.8 Å². The lowest BCUT2D eigenvalue weighted by Gasteiger charge is -2.20. The van der Waals surface area contributed by atoms with Crippen molar-refractivity contribution in [1.29, 1.82) is 0 Å². The Hall–Kier alpha value is -1.40. The Balaban J connectivity index is 2.36. The van der Waals surface area contributed by atoms with Crippen LogP contribution in [0.25, 0.3) is 0 Å². The molecule has 1 aromatic rings. The molecule has 6 heteroatoms. The van der Waals surface area contributed by atoms with Gasteiger partial charge in [0, 0.05) is 26.1 Å². The Morgan fingerprint density at radius 2 is 1.95 bits per heavy atom. The summed E-state index contributed by atoms with van der Waals surface area (Å²) in [7, 11) is -3.52. The fourth-order valence-electron chi connectivity index (χ4n) is 2.11. The molecule has 0 spiro atoms. The van der Waals surface area contributed by atoms with E-state index < -0.39 is 10.0 Å². The standard InChI is InChI=1S/C13H18N2O3S/c1-10-3-4-11(2)12(9-10)19(17,18)15-7-5-13(16)14-6-8-15/h3-4,9H,5-8H2,1-2H3,(H,14,16). The summed E-state index contributed by atoms with van der Waals surface area (Å²) in [6.45, 7) is 4.57. The second kappa shape index (κ2) is 5.30. The summed E-state index contributed by atoms with van der Waals surface area (Å²) < 4.78 is 26.6. The minimum absolute atomic E-state index is 0.0985. The van der Waals surface area contributed by atoms with Crippen LogP contribution in [0.15, 0.2) is 23.1 Å². The summed E-state index contributed by atoms with van der Waals surface area (Å²) in [6, 6.07) is 5.39. The van der Waals surface area contributed by atoms with Crippen LogP contribution in [0.2, 0.25) is 0 Å². The molecular weight excluding hydrogens is 264 g/mol. The van der Waals surface area contributed by atoms with Crippen molar-refractivity contribution in [3.05, 3.63) is 29.3 Å². The van der Waals surface area contributed by atoms with Crippen molar-refractivity contribution in [3.63, 3.8) is 0 Å². The molecule has 0 aromatic heterocycles. The molecule has 1 saturated heterocycles. The molecule has 0 radical (unpaired) electrons. The van der Waals surface area contributed by atoms with Gasteiger partial charge in [0.15, 0.2) is 0 Å². The molecule has 19 heavy (non-hydrogen) atoms. The van der Waals surface area contributed by atoms with Crippen LogP contribution >= 0.6 is 0 Å². The molecule has 0 aliphatic carbocycles. The Morgan fingerprint density at radius 3 is 2.68 bits per heavy atom. The first-order valence-corrected chi connectivity index (χ1v) is 7.69. The lowest BCUT2D eigenvalue weighted by atomic mass is 10.2. The zero-order valence-electron chi connectivity index (χ0n) is 11.1. The van der Waals surface area contributed by atoms with Gasteiger partial charge in [-0.3, -0.25) is 4.79 Å². The van der Waals surface area contributed by atoms with Gasteiger partial charge in [0.05, 0.1) is 4.90 Å². The molecule has 5 nitrogen and oxygen atoms in total. The van der Waals surface area contributed by atoms with Crippen molar-refractivity contribution in [3.8, 4) is 0 Å². The molecule has 0 unspecified atom stereocenters. The minimum atomic E-state index is -3.52. The lowest BCUT2D eigenvalue weighted by Crippen LogP contribution is -2.34. The van der Waals surface area contributed by atoms with Gasteiger partial charge in [-0.05, 0) is 31.0 Å². The van der Waals surface area contributed by atoms with Gasteiger partial charge in [-0.1, -0.05) is 12.1 Å². The molecule has 1 amide bonds. The second-order valence-electron chi connectivity index (χ2n) is 4.77. The number of aryl methyl sites for hydroxylation is 2. The quantitative estimate of drug-likeness (QED) is 0.873. The highest BCUT2D eigenvalue weighted by molar-refractivity contribution is 7.89. The smallest absolute Gasteiger partial charge is 0.243 e. The van der Waals surface area contributed by atoms with E-state index in [1.807, 2.05) is 19.1 Å². The number of benzene rings is 1. The number of sulfonamides is 1. The van der Waals surface area contributed by atoms with E-state index in [1.54, 1.807) is 13.0 Å². The summed E-state index contributed by atoms with van der Waals surface area (Å²) in [4.78, 5) is 11.6. The molecule has 1 N–H and O–H groups in total. The molecule has 2 rings (SSSR count). The third-order valence-corrected chi connectivity index (χ3v) is 5.27. The number of carbonyl (C=O) groups excluding carboxylic acids is 1. The lowest BCUT2D eigenvalue weighted by molar-refractivity contribution is -0.120. The molecule has 1 aromatic carbocycles. The van der Waals surface area contributed by atoms with Crippen LogP contribution in [-0.2, 0) is 14.8 Å². The largest absolute Gasteiger partial charge is 0.355 e. The Bertz CT molecular complexity index is 596. The predicted molar refractivity (Wildman–Crippen MR) is 72.3 cm³/mol. The van der Waals surface area contributed by atoms with Crippen LogP contribution in [-0.4, -0.2) is 38.3 Å². The number of rotatable bonds is 2. The van der Waals surface area contributed by atoms with E-state index in [-0.39, 0.29) is 18.9 Å². The third-order valence-electron chi connectivity index (χ3n) is 3.23. The maximum Gasteiger partial charge on any atom is 0.243 e. The Labute approximate surface area is 113 Å². The first-order valence-electron chi connectivity index (χ1n) is 6.25. The van der Waals surface area contributed by atoms with E-state index in [9.17, 15) is 13.2 Å². The highest BCUT2D eigenvalue weighted by atomic mass is 32.2. The highest BCUT2D eigenvalue weighted by Crippen LogP contribution is 2.21. The van der Waals surface area contributed by atoms with Gasteiger partial charge in [-0.15, -0.1) is 0 Å². The number of nitrogens with one attached hydrogen (secondary N) is 1. The van der Waals surface area contributed by atoms with Gasteiger partial charge in [0.2, 0.25) is 15.9 Å². The molecule has 1 aliphatic heterocycles. The van der Waals surface area contributed by atoms with E-state index in [1.165, 1.54) is 4.31 Å². The van der Waals surface area contributed by atoms with Crippen LogP contribution < -0.4 is 5.32 Å². The van der Waals surface area contributed by atoms with E-state index in [0.717, 1.165) is 11.1 Å². The molecule has 1 heterocycles. The van der Waals surface area contributed by atoms with Crippen molar-refractivity contribution < 1.29 is 13.2 Å². The number of nitrogens with zero attached hydrogens (tertiary/aromatic N) is 1. The van der Waals surface area contributed by atoms with Crippen molar-refractivity contribution >= 4 is 15.9 Å². The first kappa shape index (κ1) is 14.0. The summed E-state index contributed by atoms with van der Waals surface area (Å²) in [6.07, 6.45) is 0.212. The molecular formula is C13H18N2O3S. The summed E-state index contributed by atoms with van der Waals surface area (Å²) in [5.74, 6) is -0.0985. The number of amides is 1. The van der Waals surface area contributed by atoms with Gasteiger partial charge in [0.1, 0.15) is 0 Å². The second-order valence-corrected chi connectivity index (χ2v) is 6.68. The van der Waals surface area contributed by atoms with E-state index >= 15 is 0 Å². The van der Waals surface area contributed by atoms with Gasteiger partial charge in [0.25, 0.3) is 0 Å². The molecule has 1 aliphatic rings. The average molecular weight is 282 g/mol. The van der Waals surface area contributed by atoms with Crippen LogP contribution in [0.5, 0.6) is 0 Å². The highest BCUT2D eigenvalue weighted by Gasteiger charge is 2.27. The Morgan fingerprint density at radius 1 is 1.21 bits per heavy atom.